The zero-order valence-electron chi connectivity index (χ0n) is 20.2. The van der Waals surface area contributed by atoms with E-state index >= 15 is 0 Å². The molecule has 5 heteroatoms. The third kappa shape index (κ3) is 3.74. The molecule has 8 aliphatic rings. The Labute approximate surface area is 202 Å². The summed E-state index contributed by atoms with van der Waals surface area (Å²) in [7, 11) is 0. The molecule has 0 unspecified atom stereocenters. The van der Waals surface area contributed by atoms with E-state index in [1.807, 2.05) is 24.3 Å². The maximum Gasteiger partial charge on any atom is 0.258 e. The second-order valence-electron chi connectivity index (χ2n) is 13.2. The molecule has 8 fully saturated rings. The van der Waals surface area contributed by atoms with Crippen molar-refractivity contribution in [2.75, 3.05) is 6.61 Å². The molecule has 5 nitrogen and oxygen atoms in total. The molecule has 9 rings (SSSR count). The third-order valence-corrected chi connectivity index (χ3v) is 10.4. The number of hydrogen-bond donors (Lipinski definition) is 2. The Bertz CT molecular complexity index is 930. The van der Waals surface area contributed by atoms with E-state index in [4.69, 9.17) is 4.74 Å². The summed E-state index contributed by atoms with van der Waals surface area (Å²) in [5, 5.41) is 6.83. The lowest BCUT2D eigenvalue weighted by Gasteiger charge is -2.57. The van der Waals surface area contributed by atoms with E-state index in [0.29, 0.717) is 11.3 Å². The van der Waals surface area contributed by atoms with E-state index in [2.05, 4.69) is 10.6 Å². The van der Waals surface area contributed by atoms with Gasteiger partial charge in [-0.25, -0.2) is 0 Å². The quantitative estimate of drug-likeness (QED) is 0.635. The van der Waals surface area contributed by atoms with Gasteiger partial charge in [-0.2, -0.15) is 0 Å². The number of amides is 2. The van der Waals surface area contributed by atoms with Crippen LogP contribution in [0.25, 0.3) is 0 Å². The Morgan fingerprint density at radius 2 is 1.15 bits per heavy atom. The highest BCUT2D eigenvalue weighted by atomic mass is 16.5. The van der Waals surface area contributed by atoms with E-state index in [1.165, 1.54) is 38.5 Å². The number of nitrogens with one attached hydrogen (secondary N) is 2. The monoisotopic (exact) mass is 462 g/mol. The molecule has 1 aromatic carbocycles. The fourth-order valence-electron chi connectivity index (χ4n) is 10.1. The molecule has 0 aliphatic heterocycles. The first-order valence-corrected chi connectivity index (χ1v) is 13.8. The minimum absolute atomic E-state index is 0.00933. The summed E-state index contributed by atoms with van der Waals surface area (Å²) in [5.74, 6) is 5.16. The minimum Gasteiger partial charge on any atom is -0.483 e. The van der Waals surface area contributed by atoms with Gasteiger partial charge in [0.05, 0.1) is 5.56 Å². The van der Waals surface area contributed by atoms with Crippen molar-refractivity contribution in [2.45, 2.75) is 88.1 Å². The van der Waals surface area contributed by atoms with Crippen LogP contribution in [-0.2, 0) is 4.79 Å². The first-order valence-electron chi connectivity index (χ1n) is 13.8. The molecule has 34 heavy (non-hydrogen) atoms. The largest absolute Gasteiger partial charge is 0.483 e. The van der Waals surface area contributed by atoms with E-state index < -0.39 is 0 Å². The Balaban J connectivity index is 1.01. The number of carbonyl (C=O) groups excluding carboxylic acids is 2. The normalized spacial score (nSPS) is 43.1. The lowest BCUT2D eigenvalue weighted by Crippen LogP contribution is -2.60. The van der Waals surface area contributed by atoms with Gasteiger partial charge in [0.2, 0.25) is 0 Å². The highest BCUT2D eigenvalue weighted by Gasteiger charge is 2.52. The number of benzene rings is 1. The van der Waals surface area contributed by atoms with Gasteiger partial charge >= 0.3 is 0 Å². The lowest BCUT2D eigenvalue weighted by molar-refractivity contribution is -0.128. The predicted octanol–water partition coefficient (Wildman–Crippen LogP) is 4.85. The van der Waals surface area contributed by atoms with Crippen LogP contribution in [0, 0.1) is 35.5 Å². The van der Waals surface area contributed by atoms with Gasteiger partial charge < -0.3 is 15.4 Å². The van der Waals surface area contributed by atoms with Crippen LogP contribution in [0.15, 0.2) is 24.3 Å². The number of carbonyl (C=O) groups is 2. The van der Waals surface area contributed by atoms with Gasteiger partial charge in [0.15, 0.2) is 6.61 Å². The average Bonchev–Trinajstić information content (AvgIpc) is 2.75. The standard InChI is InChI=1S/C29H38N2O3/c32-26(30-28-11-18-5-19(12-28)7-20(6-18)13-28)17-34-25-4-2-1-3-24(25)27(33)31-29-14-21-8-22(15-29)10-23(9-21)16-29/h1-4,18-23H,5-17H2,(H,30,32)(H,31,33). The summed E-state index contributed by atoms with van der Waals surface area (Å²) in [4.78, 5) is 26.3. The maximum absolute atomic E-state index is 13.4. The van der Waals surface area contributed by atoms with Crippen LogP contribution < -0.4 is 15.4 Å². The molecule has 0 spiro atoms. The summed E-state index contributed by atoms with van der Waals surface area (Å²) in [5.41, 5.74) is 0.514. The molecule has 2 amide bonds. The van der Waals surface area contributed by atoms with Gasteiger partial charge in [0, 0.05) is 11.1 Å². The van der Waals surface area contributed by atoms with E-state index in [0.717, 1.165) is 74.0 Å². The Hall–Kier alpha value is -2.04. The van der Waals surface area contributed by atoms with Crippen LogP contribution in [0.2, 0.25) is 0 Å². The minimum atomic E-state index is -0.0433. The van der Waals surface area contributed by atoms with Crippen LogP contribution in [0.4, 0.5) is 0 Å². The van der Waals surface area contributed by atoms with Crippen molar-refractivity contribution >= 4 is 11.8 Å². The van der Waals surface area contributed by atoms with Gasteiger partial charge in [-0.1, -0.05) is 12.1 Å². The fraction of sp³-hybridized carbons (Fsp3) is 0.724. The first-order chi connectivity index (χ1) is 16.4. The Morgan fingerprint density at radius 3 is 1.65 bits per heavy atom. The molecule has 8 bridgehead atoms. The highest BCUT2D eigenvalue weighted by Crippen LogP contribution is 2.56. The molecule has 8 saturated carbocycles. The molecule has 0 heterocycles. The van der Waals surface area contributed by atoms with Crippen LogP contribution in [0.3, 0.4) is 0 Å². The van der Waals surface area contributed by atoms with Crippen molar-refractivity contribution in [1.29, 1.82) is 0 Å². The third-order valence-electron chi connectivity index (χ3n) is 10.4. The second kappa shape index (κ2) is 7.73. The topological polar surface area (TPSA) is 67.4 Å². The second-order valence-corrected chi connectivity index (χ2v) is 13.2. The van der Waals surface area contributed by atoms with Crippen LogP contribution in [0.5, 0.6) is 5.75 Å². The average molecular weight is 463 g/mol. The SMILES string of the molecule is O=C(COc1ccccc1C(=O)NC12CC3CC(CC(C3)C1)C2)NC12CC3CC(CC(C3)C1)C2. The molecule has 0 atom stereocenters. The molecule has 2 N–H and O–H groups in total. The molecular weight excluding hydrogens is 424 g/mol. The van der Waals surface area contributed by atoms with Gasteiger partial charge in [-0.3, -0.25) is 9.59 Å². The smallest absolute Gasteiger partial charge is 0.258 e. The summed E-state index contributed by atoms with van der Waals surface area (Å²) in [6.45, 7) is -0.0244. The molecule has 0 aromatic heterocycles. The van der Waals surface area contributed by atoms with E-state index in [-0.39, 0.29) is 29.5 Å². The van der Waals surface area contributed by atoms with Gasteiger partial charge in [-0.15, -0.1) is 0 Å². The lowest BCUT2D eigenvalue weighted by atomic mass is 9.53. The maximum atomic E-state index is 13.4. The van der Waals surface area contributed by atoms with Crippen molar-refractivity contribution in [3.8, 4) is 5.75 Å². The summed E-state index contributed by atoms with van der Waals surface area (Å²) < 4.78 is 5.98. The number of rotatable bonds is 6. The molecule has 182 valence electrons. The highest BCUT2D eigenvalue weighted by molar-refractivity contribution is 5.97. The van der Waals surface area contributed by atoms with E-state index in [1.54, 1.807) is 0 Å². The molecule has 8 aliphatic carbocycles. The van der Waals surface area contributed by atoms with Crippen molar-refractivity contribution in [1.82, 2.24) is 10.6 Å². The number of ether oxygens (including phenoxy) is 1. The molecule has 0 radical (unpaired) electrons. The van der Waals surface area contributed by atoms with Crippen molar-refractivity contribution in [3.05, 3.63) is 29.8 Å². The first kappa shape index (κ1) is 21.3. The van der Waals surface area contributed by atoms with Crippen LogP contribution in [-0.4, -0.2) is 29.5 Å². The van der Waals surface area contributed by atoms with Crippen LogP contribution in [0.1, 0.15) is 87.4 Å². The van der Waals surface area contributed by atoms with E-state index in [9.17, 15) is 9.59 Å². The summed E-state index contributed by atoms with van der Waals surface area (Å²) in [6, 6.07) is 7.43. The predicted molar refractivity (Wildman–Crippen MR) is 129 cm³/mol. The summed E-state index contributed by atoms with van der Waals surface area (Å²) >= 11 is 0. The summed E-state index contributed by atoms with van der Waals surface area (Å²) in [6.07, 6.45) is 14.9. The zero-order chi connectivity index (χ0) is 22.9. The Morgan fingerprint density at radius 1 is 0.706 bits per heavy atom. The molecule has 0 saturated heterocycles. The zero-order valence-corrected chi connectivity index (χ0v) is 20.2. The van der Waals surface area contributed by atoms with Crippen LogP contribution >= 0.6 is 0 Å². The molecular formula is C29H38N2O3. The fourth-order valence-corrected chi connectivity index (χ4v) is 10.1. The molecule has 1 aromatic rings. The number of hydrogen-bond acceptors (Lipinski definition) is 3. The van der Waals surface area contributed by atoms with Crippen molar-refractivity contribution in [2.24, 2.45) is 35.5 Å². The Kier molecular flexibility index (Phi) is 4.83. The van der Waals surface area contributed by atoms with Crippen molar-refractivity contribution in [3.63, 3.8) is 0 Å². The van der Waals surface area contributed by atoms with Gasteiger partial charge in [-0.05, 0) is 125 Å². The number of para-hydroxylation sites is 1. The van der Waals surface area contributed by atoms with Gasteiger partial charge in [0.1, 0.15) is 5.75 Å². The van der Waals surface area contributed by atoms with Gasteiger partial charge in [0.25, 0.3) is 11.8 Å². The van der Waals surface area contributed by atoms with Crippen molar-refractivity contribution < 1.29 is 14.3 Å².